The van der Waals surface area contributed by atoms with E-state index >= 15 is 0 Å². The maximum absolute atomic E-state index is 12.1. The third-order valence-electron chi connectivity index (χ3n) is 3.71. The number of ketones is 1. The van der Waals surface area contributed by atoms with E-state index in [2.05, 4.69) is 5.10 Å². The largest absolute Gasteiger partial charge is 0.490 e. The van der Waals surface area contributed by atoms with E-state index in [0.29, 0.717) is 5.56 Å². The lowest BCUT2D eigenvalue weighted by atomic mass is 9.99. The standard InChI is InChI=1S/C14H13N3O4/c1-16-12-5-9(18)3-8-4-14(21-2)13(17(19)20)6-10(8)11(12)7-15-16/h4,6-7H,3,5H2,1-2H3. The van der Waals surface area contributed by atoms with E-state index in [-0.39, 0.29) is 30.1 Å². The fourth-order valence-electron chi connectivity index (χ4n) is 2.67. The molecular weight excluding hydrogens is 274 g/mol. The summed E-state index contributed by atoms with van der Waals surface area (Å²) >= 11 is 0. The summed E-state index contributed by atoms with van der Waals surface area (Å²) in [6, 6.07) is 3.04. The number of nitrogens with zero attached hydrogens (tertiary/aromatic N) is 3. The minimum atomic E-state index is -0.484. The molecule has 0 unspecified atom stereocenters. The summed E-state index contributed by atoms with van der Waals surface area (Å²) in [5.74, 6) is 0.216. The summed E-state index contributed by atoms with van der Waals surface area (Å²) in [6.45, 7) is 0. The van der Waals surface area contributed by atoms with Crippen LogP contribution in [-0.2, 0) is 24.7 Å². The number of nitro groups is 1. The number of carbonyl (C=O) groups is 1. The SMILES string of the molecule is COc1cc2c(cc1[N+](=O)[O-])-c1cnn(C)c1CC(=O)C2. The predicted octanol–water partition coefficient (Wildman–Crippen LogP) is 1.67. The minimum absolute atomic E-state index is 0.0505. The van der Waals surface area contributed by atoms with Crippen molar-refractivity contribution >= 4 is 11.5 Å². The van der Waals surface area contributed by atoms with Crippen molar-refractivity contribution in [3.63, 3.8) is 0 Å². The smallest absolute Gasteiger partial charge is 0.311 e. The van der Waals surface area contributed by atoms with E-state index in [1.807, 2.05) is 0 Å². The fourth-order valence-corrected chi connectivity index (χ4v) is 2.67. The molecule has 21 heavy (non-hydrogen) atoms. The topological polar surface area (TPSA) is 87.3 Å². The van der Waals surface area contributed by atoms with Gasteiger partial charge in [0, 0.05) is 31.5 Å². The Hall–Kier alpha value is -2.70. The Morgan fingerprint density at radius 2 is 2.10 bits per heavy atom. The van der Waals surface area contributed by atoms with E-state index in [9.17, 15) is 14.9 Å². The molecule has 7 heteroatoms. The van der Waals surface area contributed by atoms with Gasteiger partial charge in [0.15, 0.2) is 5.75 Å². The number of benzene rings is 1. The number of nitro benzene ring substituents is 1. The van der Waals surface area contributed by atoms with Crippen molar-refractivity contribution in [2.24, 2.45) is 7.05 Å². The van der Waals surface area contributed by atoms with Gasteiger partial charge in [-0.05, 0) is 17.2 Å². The van der Waals surface area contributed by atoms with Crippen LogP contribution < -0.4 is 4.74 Å². The molecule has 0 N–H and O–H groups in total. The van der Waals surface area contributed by atoms with Crippen molar-refractivity contribution < 1.29 is 14.5 Å². The van der Waals surface area contributed by atoms with Gasteiger partial charge in [-0.2, -0.15) is 5.10 Å². The molecule has 0 aliphatic heterocycles. The molecule has 0 saturated heterocycles. The number of ether oxygens (including phenoxy) is 1. The van der Waals surface area contributed by atoms with Crippen LogP contribution in [0.4, 0.5) is 5.69 Å². The number of fused-ring (bicyclic) bond motifs is 3. The van der Waals surface area contributed by atoms with Gasteiger partial charge in [-0.25, -0.2) is 0 Å². The first kappa shape index (κ1) is 13.3. The Kier molecular flexibility index (Phi) is 2.97. The van der Waals surface area contributed by atoms with Crippen molar-refractivity contribution in [3.05, 3.63) is 39.7 Å². The van der Waals surface area contributed by atoms with Gasteiger partial charge >= 0.3 is 5.69 Å². The Morgan fingerprint density at radius 1 is 1.33 bits per heavy atom. The second-order valence-electron chi connectivity index (χ2n) is 4.96. The number of methoxy groups -OCH3 is 1. The van der Waals surface area contributed by atoms with Gasteiger partial charge in [-0.3, -0.25) is 19.6 Å². The maximum atomic E-state index is 12.1. The lowest BCUT2D eigenvalue weighted by molar-refractivity contribution is -0.385. The average molecular weight is 287 g/mol. The quantitative estimate of drug-likeness (QED) is 0.619. The zero-order valence-electron chi connectivity index (χ0n) is 11.6. The van der Waals surface area contributed by atoms with Gasteiger partial charge in [0.05, 0.1) is 23.9 Å². The molecule has 0 amide bonds. The number of aryl methyl sites for hydroxylation is 1. The van der Waals surface area contributed by atoms with Crippen molar-refractivity contribution in [2.45, 2.75) is 12.8 Å². The van der Waals surface area contributed by atoms with E-state index in [1.54, 1.807) is 24.0 Å². The summed E-state index contributed by atoms with van der Waals surface area (Å²) in [5, 5.41) is 15.3. The summed E-state index contributed by atoms with van der Waals surface area (Å²) in [5.41, 5.74) is 2.84. The van der Waals surface area contributed by atoms with Crippen molar-refractivity contribution in [2.75, 3.05) is 7.11 Å². The van der Waals surface area contributed by atoms with Gasteiger partial charge in [0.2, 0.25) is 0 Å². The maximum Gasteiger partial charge on any atom is 0.311 e. The summed E-state index contributed by atoms with van der Waals surface area (Å²) in [4.78, 5) is 22.7. The van der Waals surface area contributed by atoms with Crippen LogP contribution >= 0.6 is 0 Å². The van der Waals surface area contributed by atoms with Gasteiger partial charge in [0.1, 0.15) is 5.78 Å². The summed E-state index contributed by atoms with van der Waals surface area (Å²) < 4.78 is 6.71. The second kappa shape index (κ2) is 4.69. The molecule has 3 rings (SSSR count). The number of Topliss-reactive ketones (excluding diaryl/α,β-unsaturated/α-hetero) is 1. The Balaban J connectivity index is 2.31. The highest BCUT2D eigenvalue weighted by Crippen LogP contribution is 2.38. The van der Waals surface area contributed by atoms with E-state index in [4.69, 9.17) is 4.74 Å². The molecule has 1 heterocycles. The van der Waals surface area contributed by atoms with Crippen molar-refractivity contribution in [1.82, 2.24) is 9.78 Å². The minimum Gasteiger partial charge on any atom is -0.490 e. The summed E-state index contributed by atoms with van der Waals surface area (Å²) in [6.07, 6.45) is 2.15. The predicted molar refractivity (Wildman–Crippen MR) is 74.3 cm³/mol. The van der Waals surface area contributed by atoms with Crippen LogP contribution in [0.3, 0.4) is 0 Å². The zero-order valence-corrected chi connectivity index (χ0v) is 11.6. The lowest BCUT2D eigenvalue weighted by Gasteiger charge is -2.09. The lowest BCUT2D eigenvalue weighted by Crippen LogP contribution is -2.08. The number of rotatable bonds is 2. The first-order valence-corrected chi connectivity index (χ1v) is 6.39. The molecule has 2 aromatic rings. The number of hydrogen-bond donors (Lipinski definition) is 0. The molecule has 1 aliphatic rings. The molecule has 1 aromatic heterocycles. The van der Waals surface area contributed by atoms with Crippen LogP contribution in [0.2, 0.25) is 0 Å². The van der Waals surface area contributed by atoms with Crippen LogP contribution in [0.5, 0.6) is 5.75 Å². The molecular formula is C14H13N3O4. The first-order valence-electron chi connectivity index (χ1n) is 6.39. The van der Waals surface area contributed by atoms with Crippen molar-refractivity contribution in [3.8, 4) is 16.9 Å². The molecule has 0 fully saturated rings. The number of aromatic nitrogens is 2. The molecule has 1 aliphatic carbocycles. The third kappa shape index (κ3) is 2.06. The zero-order chi connectivity index (χ0) is 15.1. The van der Waals surface area contributed by atoms with Crippen LogP contribution in [0.15, 0.2) is 18.3 Å². The number of carbonyl (C=O) groups excluding carboxylic acids is 1. The van der Waals surface area contributed by atoms with Gasteiger partial charge in [0.25, 0.3) is 0 Å². The Morgan fingerprint density at radius 3 is 2.76 bits per heavy atom. The molecule has 0 bridgehead atoms. The normalized spacial score (nSPS) is 13.3. The van der Waals surface area contributed by atoms with Crippen LogP contribution in [0, 0.1) is 10.1 Å². The van der Waals surface area contributed by atoms with Crippen LogP contribution in [-0.4, -0.2) is 27.6 Å². The molecule has 1 aromatic carbocycles. The van der Waals surface area contributed by atoms with E-state index in [0.717, 1.165) is 16.8 Å². The van der Waals surface area contributed by atoms with Crippen LogP contribution in [0.1, 0.15) is 11.3 Å². The second-order valence-corrected chi connectivity index (χ2v) is 4.96. The highest BCUT2D eigenvalue weighted by Gasteiger charge is 2.27. The first-order chi connectivity index (χ1) is 10.0. The third-order valence-corrected chi connectivity index (χ3v) is 3.71. The molecule has 0 radical (unpaired) electrons. The van der Waals surface area contributed by atoms with Gasteiger partial charge < -0.3 is 4.74 Å². The fraction of sp³-hybridized carbons (Fsp3) is 0.286. The van der Waals surface area contributed by atoms with Crippen LogP contribution in [0.25, 0.3) is 11.1 Å². The molecule has 0 spiro atoms. The van der Waals surface area contributed by atoms with Gasteiger partial charge in [-0.15, -0.1) is 0 Å². The van der Waals surface area contributed by atoms with Crippen molar-refractivity contribution in [1.29, 1.82) is 0 Å². The monoisotopic (exact) mass is 287 g/mol. The van der Waals surface area contributed by atoms with E-state index in [1.165, 1.54) is 13.2 Å². The average Bonchev–Trinajstić information content (AvgIpc) is 2.72. The Labute approximate surface area is 120 Å². The van der Waals surface area contributed by atoms with Gasteiger partial charge in [-0.1, -0.05) is 0 Å². The highest BCUT2D eigenvalue weighted by molar-refractivity contribution is 5.91. The van der Waals surface area contributed by atoms with E-state index < -0.39 is 4.92 Å². The Bertz CT molecular complexity index is 764. The molecule has 0 atom stereocenters. The summed E-state index contributed by atoms with van der Waals surface area (Å²) in [7, 11) is 3.14. The molecule has 0 saturated carbocycles. The molecule has 108 valence electrons. The number of hydrogen-bond acceptors (Lipinski definition) is 5. The highest BCUT2D eigenvalue weighted by atomic mass is 16.6. The molecule has 7 nitrogen and oxygen atoms in total.